The number of aryl methyl sites for hydroxylation is 1. The molecule has 1 aliphatic heterocycles. The van der Waals surface area contributed by atoms with E-state index in [1.807, 2.05) is 25.2 Å². The van der Waals surface area contributed by atoms with Crippen LogP contribution < -0.4 is 10.2 Å². The first-order valence-corrected chi connectivity index (χ1v) is 11.3. The molecular weight excluding hydrogens is 454 g/mol. The molecule has 0 radical (unpaired) electrons. The van der Waals surface area contributed by atoms with Crippen LogP contribution >= 0.6 is 0 Å². The summed E-state index contributed by atoms with van der Waals surface area (Å²) in [6.45, 7) is 1.30. The quantitative estimate of drug-likeness (QED) is 0.479. The number of piperidine rings is 1. The lowest BCUT2D eigenvalue weighted by molar-refractivity contribution is 0.192. The molecule has 1 fully saturated rings. The van der Waals surface area contributed by atoms with Gasteiger partial charge in [0.2, 0.25) is 0 Å². The molecule has 3 aromatic heterocycles. The second kappa shape index (κ2) is 9.24. The van der Waals surface area contributed by atoms with E-state index in [0.717, 1.165) is 34.4 Å². The molecule has 2 amide bonds. The Bertz CT molecular complexity index is 1380. The van der Waals surface area contributed by atoms with Gasteiger partial charge in [-0.2, -0.15) is 5.10 Å². The highest BCUT2D eigenvalue weighted by atomic mass is 19.1. The Morgan fingerprint density at radius 3 is 2.63 bits per heavy atom. The standard InChI is InChI=1S/C24H24F2N8O/c1-32(24(35)29-19-6-5-15(25)14-18(19)26)16-8-12-34(13-9-16)23-22-17(4-3-10-27-22)21(30-31-23)20-7-11-28-33(20)2/h3-7,10-11,14,16H,8-9,12-13H2,1-2H3,(H,29,35). The minimum atomic E-state index is -0.811. The van der Waals surface area contributed by atoms with Gasteiger partial charge in [-0.25, -0.2) is 13.6 Å². The van der Waals surface area contributed by atoms with Crippen molar-refractivity contribution in [3.05, 3.63) is 60.4 Å². The number of urea groups is 1. The molecule has 1 aliphatic rings. The average molecular weight is 479 g/mol. The van der Waals surface area contributed by atoms with Crippen LogP contribution in [0.5, 0.6) is 0 Å². The molecule has 1 saturated heterocycles. The maximum Gasteiger partial charge on any atom is 0.321 e. The second-order valence-electron chi connectivity index (χ2n) is 8.50. The molecule has 0 atom stereocenters. The number of pyridine rings is 1. The fourth-order valence-electron chi connectivity index (χ4n) is 4.41. The third-order valence-electron chi connectivity index (χ3n) is 6.39. The van der Waals surface area contributed by atoms with Crippen molar-refractivity contribution in [2.45, 2.75) is 18.9 Å². The van der Waals surface area contributed by atoms with Crippen molar-refractivity contribution in [3.63, 3.8) is 0 Å². The number of anilines is 2. The van der Waals surface area contributed by atoms with Gasteiger partial charge in [0.1, 0.15) is 22.8 Å². The maximum atomic E-state index is 13.9. The Morgan fingerprint density at radius 1 is 1.11 bits per heavy atom. The number of rotatable bonds is 4. The lowest BCUT2D eigenvalue weighted by atomic mass is 10.0. The average Bonchev–Trinajstić information content (AvgIpc) is 3.30. The zero-order chi connectivity index (χ0) is 24.5. The normalized spacial score (nSPS) is 14.3. The summed E-state index contributed by atoms with van der Waals surface area (Å²) >= 11 is 0. The van der Waals surface area contributed by atoms with Gasteiger partial charge in [-0.15, -0.1) is 10.2 Å². The third-order valence-corrected chi connectivity index (χ3v) is 6.39. The van der Waals surface area contributed by atoms with Gasteiger partial charge in [-0.3, -0.25) is 9.67 Å². The largest absolute Gasteiger partial charge is 0.353 e. The number of nitrogens with one attached hydrogen (secondary N) is 1. The Labute approximate surface area is 200 Å². The molecule has 0 aliphatic carbocycles. The predicted molar refractivity (Wildman–Crippen MR) is 128 cm³/mol. The minimum absolute atomic E-state index is 0.0457. The summed E-state index contributed by atoms with van der Waals surface area (Å²) in [5.74, 6) is -0.806. The second-order valence-corrected chi connectivity index (χ2v) is 8.50. The van der Waals surface area contributed by atoms with Crippen LogP contribution in [0.4, 0.5) is 25.1 Å². The van der Waals surface area contributed by atoms with Crippen molar-refractivity contribution < 1.29 is 13.6 Å². The zero-order valence-corrected chi connectivity index (χ0v) is 19.3. The lowest BCUT2D eigenvalue weighted by Gasteiger charge is -2.37. The fourth-order valence-corrected chi connectivity index (χ4v) is 4.41. The number of halogens is 2. The van der Waals surface area contributed by atoms with E-state index >= 15 is 0 Å². The van der Waals surface area contributed by atoms with Gasteiger partial charge < -0.3 is 15.1 Å². The highest BCUT2D eigenvalue weighted by molar-refractivity contribution is 5.97. The molecule has 1 N–H and O–H groups in total. The van der Waals surface area contributed by atoms with Crippen LogP contribution in [0.1, 0.15) is 12.8 Å². The number of nitrogens with zero attached hydrogens (tertiary/aromatic N) is 7. The van der Waals surface area contributed by atoms with E-state index < -0.39 is 17.7 Å². The predicted octanol–water partition coefficient (Wildman–Crippen LogP) is 3.84. The molecule has 0 spiro atoms. The van der Waals surface area contributed by atoms with Gasteiger partial charge in [0.15, 0.2) is 5.82 Å². The third kappa shape index (κ3) is 4.36. The smallest absolute Gasteiger partial charge is 0.321 e. The van der Waals surface area contributed by atoms with Crippen molar-refractivity contribution in [3.8, 4) is 11.4 Å². The topological polar surface area (TPSA) is 92.1 Å². The van der Waals surface area contributed by atoms with Crippen molar-refractivity contribution in [1.82, 2.24) is 29.9 Å². The molecule has 11 heteroatoms. The molecule has 180 valence electrons. The molecule has 9 nitrogen and oxygen atoms in total. The Kier molecular flexibility index (Phi) is 5.98. The van der Waals surface area contributed by atoms with E-state index in [-0.39, 0.29) is 11.7 Å². The SMILES string of the molecule is CN(C(=O)Nc1ccc(F)cc1F)C1CCN(c2nnc(-c3ccnn3C)c3cccnc23)CC1. The highest BCUT2D eigenvalue weighted by Crippen LogP contribution is 2.31. The number of carbonyl (C=O) groups excluding carboxylic acids is 1. The zero-order valence-electron chi connectivity index (χ0n) is 19.3. The molecule has 1 aromatic carbocycles. The first kappa shape index (κ1) is 22.6. The van der Waals surface area contributed by atoms with Crippen LogP contribution in [0.25, 0.3) is 22.3 Å². The molecule has 0 bridgehead atoms. The number of fused-ring (bicyclic) bond motifs is 1. The molecule has 0 unspecified atom stereocenters. The molecule has 0 saturated carbocycles. The van der Waals surface area contributed by atoms with Crippen molar-refractivity contribution in [2.24, 2.45) is 7.05 Å². The number of amides is 2. The summed E-state index contributed by atoms with van der Waals surface area (Å²) in [6.07, 6.45) is 4.83. The van der Waals surface area contributed by atoms with Crippen LogP contribution in [0.3, 0.4) is 0 Å². The van der Waals surface area contributed by atoms with Crippen LogP contribution in [0, 0.1) is 11.6 Å². The van der Waals surface area contributed by atoms with E-state index in [1.54, 1.807) is 29.0 Å². The van der Waals surface area contributed by atoms with E-state index in [4.69, 9.17) is 0 Å². The Balaban J connectivity index is 1.30. The van der Waals surface area contributed by atoms with Crippen LogP contribution in [-0.4, -0.2) is 62.1 Å². The summed E-state index contributed by atoms with van der Waals surface area (Å²) in [6, 6.07) is 8.31. The summed E-state index contributed by atoms with van der Waals surface area (Å²) in [7, 11) is 3.53. The fraction of sp³-hybridized carbons (Fsp3) is 0.292. The highest BCUT2D eigenvalue weighted by Gasteiger charge is 2.28. The van der Waals surface area contributed by atoms with Gasteiger partial charge >= 0.3 is 6.03 Å². The van der Waals surface area contributed by atoms with Crippen LogP contribution in [0.15, 0.2) is 48.8 Å². The van der Waals surface area contributed by atoms with Crippen LogP contribution in [-0.2, 0) is 7.05 Å². The summed E-state index contributed by atoms with van der Waals surface area (Å²) in [5, 5.41) is 16.6. The molecule has 5 rings (SSSR count). The van der Waals surface area contributed by atoms with E-state index in [2.05, 4.69) is 30.5 Å². The van der Waals surface area contributed by atoms with E-state index in [0.29, 0.717) is 31.7 Å². The Morgan fingerprint density at radius 2 is 1.91 bits per heavy atom. The van der Waals surface area contributed by atoms with Gasteiger partial charge in [-0.1, -0.05) is 0 Å². The molecule has 4 aromatic rings. The summed E-state index contributed by atoms with van der Waals surface area (Å²) in [4.78, 5) is 20.9. The van der Waals surface area contributed by atoms with Gasteiger partial charge in [0.05, 0.1) is 11.4 Å². The van der Waals surface area contributed by atoms with Crippen molar-refractivity contribution in [2.75, 3.05) is 30.4 Å². The molecule has 4 heterocycles. The summed E-state index contributed by atoms with van der Waals surface area (Å²) < 4.78 is 28.8. The van der Waals surface area contributed by atoms with E-state index in [1.165, 1.54) is 6.07 Å². The number of carbonyl (C=O) groups is 1. The summed E-state index contributed by atoms with van der Waals surface area (Å²) in [5.41, 5.74) is 2.28. The van der Waals surface area contributed by atoms with Crippen molar-refractivity contribution >= 4 is 28.4 Å². The first-order chi connectivity index (χ1) is 16.9. The van der Waals surface area contributed by atoms with Gasteiger partial charge in [0, 0.05) is 57.1 Å². The maximum absolute atomic E-state index is 13.9. The first-order valence-electron chi connectivity index (χ1n) is 11.3. The number of benzene rings is 1. The minimum Gasteiger partial charge on any atom is -0.353 e. The van der Waals surface area contributed by atoms with Gasteiger partial charge in [0.25, 0.3) is 0 Å². The monoisotopic (exact) mass is 478 g/mol. The number of hydrogen-bond donors (Lipinski definition) is 1. The van der Waals surface area contributed by atoms with Crippen molar-refractivity contribution in [1.29, 1.82) is 0 Å². The Hall–Kier alpha value is -4.15. The lowest BCUT2D eigenvalue weighted by Crippen LogP contribution is -2.47. The number of aromatic nitrogens is 5. The molecular formula is C24H24F2N8O. The van der Waals surface area contributed by atoms with Gasteiger partial charge in [-0.05, 0) is 43.2 Å². The van der Waals surface area contributed by atoms with E-state index in [9.17, 15) is 13.6 Å². The number of hydrogen-bond acceptors (Lipinski definition) is 6. The van der Waals surface area contributed by atoms with Crippen LogP contribution in [0.2, 0.25) is 0 Å². The molecule has 35 heavy (non-hydrogen) atoms.